The molecule has 0 aliphatic heterocycles. The second-order valence-corrected chi connectivity index (χ2v) is 7.55. The summed E-state index contributed by atoms with van der Waals surface area (Å²) < 4.78 is 3.68. The quantitative estimate of drug-likeness (QED) is 0.307. The molecule has 138 valence electrons. The van der Waals surface area contributed by atoms with E-state index in [0.29, 0.717) is 16.5 Å². The van der Waals surface area contributed by atoms with Crippen LogP contribution in [0.1, 0.15) is 10.5 Å². The lowest BCUT2D eigenvalue weighted by Gasteiger charge is -2.11. The summed E-state index contributed by atoms with van der Waals surface area (Å²) in [4.78, 5) is 13.2. The van der Waals surface area contributed by atoms with E-state index >= 15 is 0 Å². The molecule has 0 aliphatic carbocycles. The first-order chi connectivity index (χ1) is 13.2. The minimum Gasteiger partial charge on any atom is -0.362 e. The number of nitrogens with zero attached hydrogens (tertiary/aromatic N) is 2. The van der Waals surface area contributed by atoms with Crippen molar-refractivity contribution in [1.29, 1.82) is 0 Å². The van der Waals surface area contributed by atoms with Crippen molar-refractivity contribution in [2.75, 3.05) is 22.9 Å². The summed E-state index contributed by atoms with van der Waals surface area (Å²) >= 11 is 8.22. The van der Waals surface area contributed by atoms with Gasteiger partial charge in [-0.2, -0.15) is 0 Å². The summed E-state index contributed by atoms with van der Waals surface area (Å²) in [6.07, 6.45) is 0. The molecule has 0 saturated carbocycles. The summed E-state index contributed by atoms with van der Waals surface area (Å²) in [5, 5.41) is 15.0. The molecule has 1 amide bonds. The second kappa shape index (κ2) is 10.0. The molecule has 27 heavy (non-hydrogen) atoms. The molecule has 0 atom stereocenters. The van der Waals surface area contributed by atoms with Crippen molar-refractivity contribution in [2.45, 2.75) is 4.90 Å². The number of thioether (sulfide) groups is 1. The van der Waals surface area contributed by atoms with Gasteiger partial charge in [-0.1, -0.05) is 22.7 Å². The molecule has 6 nitrogen and oxygen atoms in total. The number of anilines is 2. The fourth-order valence-corrected chi connectivity index (χ4v) is 3.57. The van der Waals surface area contributed by atoms with Crippen LogP contribution in [-0.4, -0.2) is 32.9 Å². The first-order valence-corrected chi connectivity index (χ1v) is 10.3. The van der Waals surface area contributed by atoms with Crippen LogP contribution in [0.5, 0.6) is 0 Å². The van der Waals surface area contributed by atoms with Crippen molar-refractivity contribution in [1.82, 2.24) is 14.9 Å². The minimum absolute atomic E-state index is 0.280. The van der Waals surface area contributed by atoms with Gasteiger partial charge in [0.15, 0.2) is 10.8 Å². The Labute approximate surface area is 170 Å². The number of nitrogens with one attached hydrogen (secondary N) is 3. The molecule has 0 fully saturated rings. The second-order valence-electron chi connectivity index (χ2n) is 5.36. The number of aromatic nitrogens is 2. The van der Waals surface area contributed by atoms with Gasteiger partial charge in [-0.3, -0.25) is 4.79 Å². The third-order valence-electron chi connectivity index (χ3n) is 3.39. The Morgan fingerprint density at radius 3 is 2.41 bits per heavy atom. The lowest BCUT2D eigenvalue weighted by atomic mass is 10.2. The molecule has 0 spiro atoms. The maximum absolute atomic E-state index is 11.9. The zero-order chi connectivity index (χ0) is 18.9. The maximum atomic E-state index is 11.9. The van der Waals surface area contributed by atoms with Gasteiger partial charge in [0.1, 0.15) is 0 Å². The summed E-state index contributed by atoms with van der Waals surface area (Å²) in [5.74, 6) is 0.639. The van der Waals surface area contributed by atoms with Gasteiger partial charge in [-0.25, -0.2) is 0 Å². The highest BCUT2D eigenvalue weighted by molar-refractivity contribution is 7.99. The van der Waals surface area contributed by atoms with Crippen LogP contribution >= 0.6 is 35.5 Å². The summed E-state index contributed by atoms with van der Waals surface area (Å²) in [6, 6.07) is 17.5. The molecule has 0 saturated heterocycles. The molecule has 0 unspecified atom stereocenters. The first-order valence-electron chi connectivity index (χ1n) is 8.12. The molecular weight excluding hydrogens is 398 g/mol. The van der Waals surface area contributed by atoms with Gasteiger partial charge in [-0.05, 0) is 60.1 Å². The Bertz CT molecular complexity index is 870. The van der Waals surface area contributed by atoms with Gasteiger partial charge in [-0.15, -0.1) is 16.9 Å². The standard InChI is InChI=1S/C18H17N5OS3/c24-17(16-12-27-23-22-16)20-13-6-8-14(9-7-13)21-18(25)19-10-11-26-15-4-2-1-3-5-15/h1-9,12H,10-11H2,(H,20,24)(H2,19,21,25). The van der Waals surface area contributed by atoms with Gasteiger partial charge in [0.25, 0.3) is 5.91 Å². The van der Waals surface area contributed by atoms with E-state index in [-0.39, 0.29) is 5.91 Å². The Kier molecular flexibility index (Phi) is 7.14. The summed E-state index contributed by atoms with van der Waals surface area (Å²) in [5.41, 5.74) is 1.83. The number of amides is 1. The van der Waals surface area contributed by atoms with Crippen LogP contribution < -0.4 is 16.0 Å². The smallest absolute Gasteiger partial charge is 0.277 e. The molecule has 1 heterocycles. The van der Waals surface area contributed by atoms with Crippen LogP contribution in [0.2, 0.25) is 0 Å². The average molecular weight is 416 g/mol. The third kappa shape index (κ3) is 6.31. The number of benzene rings is 2. The molecule has 3 N–H and O–H groups in total. The van der Waals surface area contributed by atoms with Crippen molar-refractivity contribution >= 4 is 57.9 Å². The number of hydrogen-bond acceptors (Lipinski definition) is 6. The van der Waals surface area contributed by atoms with Crippen molar-refractivity contribution < 1.29 is 4.79 Å². The van der Waals surface area contributed by atoms with E-state index in [4.69, 9.17) is 12.2 Å². The summed E-state index contributed by atoms with van der Waals surface area (Å²) in [7, 11) is 0. The Morgan fingerprint density at radius 1 is 1.04 bits per heavy atom. The molecule has 2 aromatic carbocycles. The molecule has 3 rings (SSSR count). The number of carbonyl (C=O) groups is 1. The molecule has 1 aromatic heterocycles. The topological polar surface area (TPSA) is 78.9 Å². The third-order valence-corrected chi connectivity index (χ3v) is 5.16. The average Bonchev–Trinajstić information content (AvgIpc) is 3.23. The van der Waals surface area contributed by atoms with Gasteiger partial charge in [0.2, 0.25) is 0 Å². The van der Waals surface area contributed by atoms with E-state index in [1.807, 2.05) is 30.3 Å². The molecular formula is C18H17N5OS3. The molecule has 9 heteroatoms. The molecule has 0 bridgehead atoms. The van der Waals surface area contributed by atoms with Crippen LogP contribution in [0.25, 0.3) is 0 Å². The van der Waals surface area contributed by atoms with Gasteiger partial charge in [0.05, 0.1) is 0 Å². The summed E-state index contributed by atoms with van der Waals surface area (Å²) in [6.45, 7) is 0.765. The minimum atomic E-state index is -0.280. The lowest BCUT2D eigenvalue weighted by molar-refractivity contribution is 0.102. The van der Waals surface area contributed by atoms with E-state index in [1.54, 1.807) is 29.3 Å². The normalized spacial score (nSPS) is 10.2. The van der Waals surface area contributed by atoms with E-state index in [2.05, 4.69) is 37.7 Å². The Morgan fingerprint density at radius 2 is 1.74 bits per heavy atom. The Balaban J connectivity index is 1.39. The van der Waals surface area contributed by atoms with E-state index < -0.39 is 0 Å². The number of carbonyl (C=O) groups excluding carboxylic acids is 1. The van der Waals surface area contributed by atoms with Crippen molar-refractivity contribution in [3.63, 3.8) is 0 Å². The van der Waals surface area contributed by atoms with Crippen molar-refractivity contribution in [3.8, 4) is 0 Å². The number of rotatable bonds is 7. The number of hydrogen-bond donors (Lipinski definition) is 3. The highest BCUT2D eigenvalue weighted by atomic mass is 32.2. The highest BCUT2D eigenvalue weighted by Crippen LogP contribution is 2.16. The van der Waals surface area contributed by atoms with Crippen molar-refractivity contribution in [2.24, 2.45) is 0 Å². The monoisotopic (exact) mass is 415 g/mol. The van der Waals surface area contributed by atoms with Crippen LogP contribution in [0.3, 0.4) is 0 Å². The SMILES string of the molecule is O=C(Nc1ccc(NC(=S)NCCSc2ccccc2)cc1)c1csnn1. The van der Waals surface area contributed by atoms with Gasteiger partial charge >= 0.3 is 0 Å². The molecule has 3 aromatic rings. The number of thiocarbonyl (C=S) groups is 1. The fraction of sp³-hybridized carbons (Fsp3) is 0.111. The predicted molar refractivity (Wildman–Crippen MR) is 116 cm³/mol. The Hall–Kier alpha value is -2.49. The van der Waals surface area contributed by atoms with E-state index in [9.17, 15) is 4.79 Å². The first kappa shape index (κ1) is 19.3. The van der Waals surface area contributed by atoms with Crippen LogP contribution in [-0.2, 0) is 0 Å². The van der Waals surface area contributed by atoms with Crippen LogP contribution in [0, 0.1) is 0 Å². The van der Waals surface area contributed by atoms with Crippen molar-refractivity contribution in [3.05, 3.63) is 65.7 Å². The maximum Gasteiger partial charge on any atom is 0.277 e. The molecule has 0 radical (unpaired) electrons. The fourth-order valence-electron chi connectivity index (χ4n) is 2.12. The van der Waals surface area contributed by atoms with Gasteiger partial charge in [0, 0.05) is 33.9 Å². The van der Waals surface area contributed by atoms with Gasteiger partial charge < -0.3 is 16.0 Å². The van der Waals surface area contributed by atoms with E-state index in [0.717, 1.165) is 29.5 Å². The van der Waals surface area contributed by atoms with Crippen LogP contribution in [0.15, 0.2) is 64.9 Å². The predicted octanol–water partition coefficient (Wildman–Crippen LogP) is 3.87. The zero-order valence-corrected chi connectivity index (χ0v) is 16.7. The molecule has 0 aliphatic rings. The largest absolute Gasteiger partial charge is 0.362 e. The lowest BCUT2D eigenvalue weighted by Crippen LogP contribution is -2.30. The van der Waals surface area contributed by atoms with Crippen LogP contribution in [0.4, 0.5) is 11.4 Å². The zero-order valence-electron chi connectivity index (χ0n) is 14.2. The van der Waals surface area contributed by atoms with E-state index in [1.165, 1.54) is 4.90 Å². The highest BCUT2D eigenvalue weighted by Gasteiger charge is 2.08.